The van der Waals surface area contributed by atoms with Crippen molar-refractivity contribution in [2.75, 3.05) is 24.0 Å². The van der Waals surface area contributed by atoms with Crippen LogP contribution in [0.4, 0.5) is 5.69 Å². The van der Waals surface area contributed by atoms with Crippen LogP contribution in [0.2, 0.25) is 5.02 Å². The minimum Gasteiger partial charge on any atom is -0.492 e. The van der Waals surface area contributed by atoms with Crippen LogP contribution in [0.1, 0.15) is 11.1 Å². The molecule has 186 valence electrons. The minimum atomic E-state index is -4.01. The van der Waals surface area contributed by atoms with Gasteiger partial charge < -0.3 is 10.1 Å². The van der Waals surface area contributed by atoms with Crippen LogP contribution >= 0.6 is 11.6 Å². The van der Waals surface area contributed by atoms with E-state index in [-0.39, 0.29) is 24.6 Å². The van der Waals surface area contributed by atoms with Crippen LogP contribution in [-0.2, 0) is 14.8 Å². The van der Waals surface area contributed by atoms with Gasteiger partial charge in [-0.3, -0.25) is 9.10 Å². The summed E-state index contributed by atoms with van der Waals surface area (Å²) in [5, 5.41) is 5.37. The van der Waals surface area contributed by atoms with E-state index in [4.69, 9.17) is 16.3 Å². The molecule has 0 unspecified atom stereocenters. The Balaban J connectivity index is 1.44. The first kappa shape index (κ1) is 25.5. The molecule has 0 saturated heterocycles. The SMILES string of the molecule is Cc1ccc(N(CC(=O)NCCOc2ccc3ccccc3c2)S(=O)(=O)c2ccc(Cl)cc2)cc1C. The van der Waals surface area contributed by atoms with E-state index >= 15 is 0 Å². The number of carbonyl (C=O) groups is 1. The fraction of sp³-hybridized carbons (Fsp3) is 0.179. The molecule has 0 radical (unpaired) electrons. The number of amides is 1. The number of benzene rings is 4. The van der Waals surface area contributed by atoms with Gasteiger partial charge in [-0.1, -0.05) is 48.0 Å². The average Bonchev–Trinajstić information content (AvgIpc) is 2.87. The quantitative estimate of drug-likeness (QED) is 0.294. The van der Waals surface area contributed by atoms with Crippen LogP contribution < -0.4 is 14.4 Å². The van der Waals surface area contributed by atoms with Crippen molar-refractivity contribution in [1.29, 1.82) is 0 Å². The number of carbonyl (C=O) groups excluding carboxylic acids is 1. The molecule has 4 rings (SSSR count). The summed E-state index contributed by atoms with van der Waals surface area (Å²) >= 11 is 5.94. The van der Waals surface area contributed by atoms with E-state index in [2.05, 4.69) is 5.32 Å². The van der Waals surface area contributed by atoms with Crippen LogP contribution in [0.5, 0.6) is 5.75 Å². The number of sulfonamides is 1. The monoisotopic (exact) mass is 522 g/mol. The third-order valence-electron chi connectivity index (χ3n) is 5.88. The van der Waals surface area contributed by atoms with Crippen LogP contribution in [0.3, 0.4) is 0 Å². The maximum absolute atomic E-state index is 13.5. The Labute approximate surface area is 216 Å². The van der Waals surface area contributed by atoms with Crippen molar-refractivity contribution in [2.45, 2.75) is 18.7 Å². The Morgan fingerprint density at radius 3 is 2.33 bits per heavy atom. The van der Waals surface area contributed by atoms with E-state index in [0.717, 1.165) is 26.2 Å². The molecular weight excluding hydrogens is 496 g/mol. The number of ether oxygens (including phenoxy) is 1. The van der Waals surface area contributed by atoms with Gasteiger partial charge in [0.25, 0.3) is 10.0 Å². The number of aryl methyl sites for hydroxylation is 2. The van der Waals surface area contributed by atoms with Crippen molar-refractivity contribution >= 4 is 44.0 Å². The summed E-state index contributed by atoms with van der Waals surface area (Å²) in [6, 6.07) is 25.0. The highest BCUT2D eigenvalue weighted by molar-refractivity contribution is 7.92. The molecular formula is C28H27ClN2O4S. The minimum absolute atomic E-state index is 0.0533. The van der Waals surface area contributed by atoms with Gasteiger partial charge in [-0.15, -0.1) is 0 Å². The summed E-state index contributed by atoms with van der Waals surface area (Å²) in [7, 11) is -4.01. The summed E-state index contributed by atoms with van der Waals surface area (Å²) < 4.78 is 33.8. The number of anilines is 1. The molecule has 0 aliphatic rings. The number of hydrogen-bond donors (Lipinski definition) is 1. The Morgan fingerprint density at radius 2 is 1.61 bits per heavy atom. The molecule has 0 saturated carbocycles. The Hall–Kier alpha value is -3.55. The van der Waals surface area contributed by atoms with Crippen molar-refractivity contribution < 1.29 is 17.9 Å². The van der Waals surface area contributed by atoms with E-state index in [9.17, 15) is 13.2 Å². The Bertz CT molecular complexity index is 1490. The van der Waals surface area contributed by atoms with Crippen LogP contribution in [-0.4, -0.2) is 34.0 Å². The number of fused-ring (bicyclic) bond motifs is 1. The highest BCUT2D eigenvalue weighted by Crippen LogP contribution is 2.26. The maximum atomic E-state index is 13.5. The van der Waals surface area contributed by atoms with Crippen molar-refractivity contribution in [3.63, 3.8) is 0 Å². The topological polar surface area (TPSA) is 75.7 Å². The molecule has 0 spiro atoms. The van der Waals surface area contributed by atoms with Crippen molar-refractivity contribution in [2.24, 2.45) is 0 Å². The van der Waals surface area contributed by atoms with Crippen molar-refractivity contribution in [1.82, 2.24) is 5.32 Å². The standard InChI is InChI=1S/C28H27ClN2O4S/c1-20-7-11-25(17-21(20)2)31(36(33,34)27-13-9-24(29)10-14-27)19-28(32)30-15-16-35-26-12-8-22-5-3-4-6-23(22)18-26/h3-14,17-18H,15-16,19H2,1-2H3,(H,30,32). The van der Waals surface area contributed by atoms with Gasteiger partial charge >= 0.3 is 0 Å². The fourth-order valence-corrected chi connectivity index (χ4v) is 5.27. The number of rotatable bonds is 9. The fourth-order valence-electron chi connectivity index (χ4n) is 3.73. The van der Waals surface area contributed by atoms with Crippen LogP contribution in [0.25, 0.3) is 10.8 Å². The summed E-state index contributed by atoms with van der Waals surface area (Å²) in [5.41, 5.74) is 2.36. The maximum Gasteiger partial charge on any atom is 0.264 e. The van der Waals surface area contributed by atoms with Gasteiger partial charge in [0.15, 0.2) is 0 Å². The van der Waals surface area contributed by atoms with Gasteiger partial charge in [-0.2, -0.15) is 0 Å². The van der Waals surface area contributed by atoms with E-state index in [1.165, 1.54) is 24.3 Å². The summed E-state index contributed by atoms with van der Waals surface area (Å²) in [5.74, 6) is 0.262. The predicted octanol–water partition coefficient (Wildman–Crippen LogP) is 5.50. The first-order valence-corrected chi connectivity index (χ1v) is 13.3. The summed E-state index contributed by atoms with van der Waals surface area (Å²) in [6.07, 6.45) is 0. The first-order chi connectivity index (χ1) is 17.2. The van der Waals surface area contributed by atoms with Crippen LogP contribution in [0.15, 0.2) is 89.8 Å². The molecule has 8 heteroatoms. The molecule has 0 bridgehead atoms. The molecule has 0 aromatic heterocycles. The number of nitrogens with one attached hydrogen (secondary N) is 1. The predicted molar refractivity (Wildman–Crippen MR) is 144 cm³/mol. The molecule has 0 atom stereocenters. The summed E-state index contributed by atoms with van der Waals surface area (Å²) in [6.45, 7) is 3.95. The van der Waals surface area contributed by atoms with E-state index in [0.29, 0.717) is 16.5 Å². The molecule has 0 aliphatic heterocycles. The van der Waals surface area contributed by atoms with E-state index in [1.54, 1.807) is 12.1 Å². The van der Waals surface area contributed by atoms with Gasteiger partial charge in [0, 0.05) is 5.02 Å². The molecule has 4 aromatic rings. The lowest BCUT2D eigenvalue weighted by atomic mass is 10.1. The van der Waals surface area contributed by atoms with Gasteiger partial charge in [0.1, 0.15) is 18.9 Å². The molecule has 36 heavy (non-hydrogen) atoms. The molecule has 4 aromatic carbocycles. The van der Waals surface area contributed by atoms with Crippen LogP contribution in [0, 0.1) is 13.8 Å². The zero-order chi connectivity index (χ0) is 25.7. The second-order valence-corrected chi connectivity index (χ2v) is 10.7. The van der Waals surface area contributed by atoms with Gasteiger partial charge in [-0.25, -0.2) is 8.42 Å². The third-order valence-corrected chi connectivity index (χ3v) is 7.92. The molecule has 0 heterocycles. The van der Waals surface area contributed by atoms with Gasteiger partial charge in [0.2, 0.25) is 5.91 Å². The number of halogens is 1. The van der Waals surface area contributed by atoms with Crippen molar-refractivity contribution in [3.8, 4) is 5.75 Å². The smallest absolute Gasteiger partial charge is 0.264 e. The zero-order valence-corrected chi connectivity index (χ0v) is 21.6. The highest BCUT2D eigenvalue weighted by Gasteiger charge is 2.27. The lowest BCUT2D eigenvalue weighted by Gasteiger charge is -2.25. The Morgan fingerprint density at radius 1 is 0.889 bits per heavy atom. The molecule has 0 aliphatic carbocycles. The van der Waals surface area contributed by atoms with Gasteiger partial charge in [0.05, 0.1) is 17.1 Å². The van der Waals surface area contributed by atoms with E-state index in [1.807, 2.05) is 62.4 Å². The Kier molecular flexibility index (Phi) is 7.82. The normalized spacial score (nSPS) is 11.3. The highest BCUT2D eigenvalue weighted by atomic mass is 35.5. The molecule has 1 N–H and O–H groups in total. The lowest BCUT2D eigenvalue weighted by molar-refractivity contribution is -0.119. The van der Waals surface area contributed by atoms with Crippen molar-refractivity contribution in [3.05, 3.63) is 101 Å². The van der Waals surface area contributed by atoms with Gasteiger partial charge in [-0.05, 0) is 84.3 Å². The largest absolute Gasteiger partial charge is 0.492 e. The first-order valence-electron chi connectivity index (χ1n) is 11.5. The molecule has 0 fully saturated rings. The van der Waals surface area contributed by atoms with E-state index < -0.39 is 15.9 Å². The zero-order valence-electron chi connectivity index (χ0n) is 20.1. The third kappa shape index (κ3) is 5.98. The lowest BCUT2D eigenvalue weighted by Crippen LogP contribution is -2.42. The second-order valence-electron chi connectivity index (χ2n) is 8.44. The molecule has 6 nitrogen and oxygen atoms in total. The number of hydrogen-bond acceptors (Lipinski definition) is 4. The second kappa shape index (κ2) is 11.0. The summed E-state index contributed by atoms with van der Waals surface area (Å²) in [4.78, 5) is 12.9. The average molecular weight is 523 g/mol. The number of nitrogens with zero attached hydrogens (tertiary/aromatic N) is 1. The molecule has 1 amide bonds.